The van der Waals surface area contributed by atoms with E-state index < -0.39 is 0 Å². The minimum Gasteiger partial charge on any atom is -0.368 e. The van der Waals surface area contributed by atoms with Gasteiger partial charge in [-0.15, -0.1) is 11.3 Å². The van der Waals surface area contributed by atoms with Crippen molar-refractivity contribution in [3.05, 3.63) is 81.5 Å². The molecule has 2 amide bonds. The standard InChI is InChI=1S/C24H25N3O2S/c1-17-5-3-6-21(18(17)2)23(28)25-19-8-10-20(11-9-19)26-12-14-27(15-13-26)24(29)22-7-4-16-30-22/h3-11,16H,12-15H2,1-2H3,(H,25,28). The molecule has 0 spiro atoms. The Morgan fingerprint density at radius 3 is 2.30 bits per heavy atom. The van der Waals surface area contributed by atoms with Gasteiger partial charge in [-0.2, -0.15) is 0 Å². The maximum Gasteiger partial charge on any atom is 0.264 e. The molecule has 2 heterocycles. The lowest BCUT2D eigenvalue weighted by atomic mass is 10.0. The maximum atomic E-state index is 12.6. The van der Waals surface area contributed by atoms with Crippen molar-refractivity contribution in [3.63, 3.8) is 0 Å². The topological polar surface area (TPSA) is 52.7 Å². The second-order valence-corrected chi connectivity index (χ2v) is 8.45. The van der Waals surface area contributed by atoms with E-state index in [2.05, 4.69) is 10.2 Å². The van der Waals surface area contributed by atoms with Gasteiger partial charge in [-0.25, -0.2) is 0 Å². The molecule has 0 unspecified atom stereocenters. The highest BCUT2D eigenvalue weighted by Gasteiger charge is 2.22. The maximum absolute atomic E-state index is 12.6. The Bertz CT molecular complexity index is 1040. The van der Waals surface area contributed by atoms with Crippen LogP contribution in [-0.2, 0) is 0 Å². The van der Waals surface area contributed by atoms with Crippen molar-refractivity contribution >= 4 is 34.5 Å². The van der Waals surface area contributed by atoms with Crippen molar-refractivity contribution in [1.82, 2.24) is 4.90 Å². The fourth-order valence-electron chi connectivity index (χ4n) is 3.67. The van der Waals surface area contributed by atoms with Crippen LogP contribution in [-0.4, -0.2) is 42.9 Å². The summed E-state index contributed by atoms with van der Waals surface area (Å²) in [6.07, 6.45) is 0. The Balaban J connectivity index is 1.35. The Morgan fingerprint density at radius 2 is 1.63 bits per heavy atom. The van der Waals surface area contributed by atoms with Gasteiger partial charge in [-0.3, -0.25) is 9.59 Å². The monoisotopic (exact) mass is 419 g/mol. The number of piperazine rings is 1. The quantitative estimate of drug-likeness (QED) is 0.673. The van der Waals surface area contributed by atoms with Crippen molar-refractivity contribution in [2.45, 2.75) is 13.8 Å². The average Bonchev–Trinajstić information content (AvgIpc) is 3.31. The number of thiophene rings is 1. The predicted octanol–water partition coefficient (Wildman–Crippen LogP) is 4.58. The lowest BCUT2D eigenvalue weighted by Crippen LogP contribution is -2.48. The molecule has 1 fully saturated rings. The van der Waals surface area contributed by atoms with Crippen molar-refractivity contribution in [2.24, 2.45) is 0 Å². The summed E-state index contributed by atoms with van der Waals surface area (Å²) in [5, 5.41) is 4.92. The highest BCUT2D eigenvalue weighted by Crippen LogP contribution is 2.22. The van der Waals surface area contributed by atoms with Crippen molar-refractivity contribution < 1.29 is 9.59 Å². The van der Waals surface area contributed by atoms with Crippen molar-refractivity contribution in [1.29, 1.82) is 0 Å². The number of rotatable bonds is 4. The molecule has 30 heavy (non-hydrogen) atoms. The normalized spacial score (nSPS) is 13.9. The molecule has 0 atom stereocenters. The lowest BCUT2D eigenvalue weighted by molar-refractivity contribution is 0.0751. The summed E-state index contributed by atoms with van der Waals surface area (Å²) in [5.41, 5.74) is 4.68. The van der Waals surface area contributed by atoms with E-state index in [0.717, 1.165) is 40.5 Å². The molecule has 1 aliphatic heterocycles. The first-order valence-corrected chi connectivity index (χ1v) is 11.0. The Hall–Kier alpha value is -3.12. The third-order valence-electron chi connectivity index (χ3n) is 5.64. The number of benzene rings is 2. The number of nitrogens with zero attached hydrogens (tertiary/aromatic N) is 2. The van der Waals surface area contributed by atoms with E-state index in [4.69, 9.17) is 0 Å². The Kier molecular flexibility index (Phi) is 5.86. The third kappa shape index (κ3) is 4.24. The van der Waals surface area contributed by atoms with Gasteiger partial charge in [-0.05, 0) is 66.8 Å². The first kappa shape index (κ1) is 20.2. The molecule has 0 saturated carbocycles. The number of hydrogen-bond donors (Lipinski definition) is 1. The smallest absolute Gasteiger partial charge is 0.264 e. The second-order valence-electron chi connectivity index (χ2n) is 7.51. The van der Waals surface area contributed by atoms with Crippen LogP contribution in [0.1, 0.15) is 31.2 Å². The number of nitrogens with one attached hydrogen (secondary N) is 1. The van der Waals surface area contributed by atoms with Crippen molar-refractivity contribution in [3.8, 4) is 0 Å². The number of carbonyl (C=O) groups excluding carboxylic acids is 2. The molecular weight excluding hydrogens is 394 g/mol. The minimum atomic E-state index is -0.0929. The van der Waals surface area contributed by atoms with Crippen LogP contribution in [0.5, 0.6) is 0 Å². The largest absolute Gasteiger partial charge is 0.368 e. The molecule has 1 aliphatic rings. The van der Waals surface area contributed by atoms with Crippen LogP contribution in [0.15, 0.2) is 60.0 Å². The molecule has 6 heteroatoms. The van der Waals surface area contributed by atoms with E-state index in [1.165, 1.54) is 11.3 Å². The van der Waals surface area contributed by atoms with E-state index >= 15 is 0 Å². The molecule has 1 saturated heterocycles. The summed E-state index contributed by atoms with van der Waals surface area (Å²) in [7, 11) is 0. The van der Waals surface area contributed by atoms with Gasteiger partial charge in [-0.1, -0.05) is 18.2 Å². The van der Waals surface area contributed by atoms with E-state index in [-0.39, 0.29) is 11.8 Å². The van der Waals surface area contributed by atoms with Crippen LogP contribution in [0.25, 0.3) is 0 Å². The van der Waals surface area contributed by atoms with Gasteiger partial charge in [0.15, 0.2) is 0 Å². The van der Waals surface area contributed by atoms with Gasteiger partial charge >= 0.3 is 0 Å². The van der Waals surface area contributed by atoms with Gasteiger partial charge in [0.2, 0.25) is 0 Å². The molecular formula is C24H25N3O2S. The summed E-state index contributed by atoms with van der Waals surface area (Å²) in [6.45, 7) is 6.99. The van der Waals surface area contributed by atoms with E-state index in [9.17, 15) is 9.59 Å². The first-order chi connectivity index (χ1) is 14.5. The predicted molar refractivity (Wildman–Crippen MR) is 123 cm³/mol. The molecule has 3 aromatic rings. The number of carbonyl (C=O) groups is 2. The first-order valence-electron chi connectivity index (χ1n) is 10.1. The van der Waals surface area contributed by atoms with Crippen LogP contribution in [0.3, 0.4) is 0 Å². The van der Waals surface area contributed by atoms with E-state index in [0.29, 0.717) is 18.7 Å². The van der Waals surface area contributed by atoms with Crippen LogP contribution < -0.4 is 10.2 Å². The van der Waals surface area contributed by atoms with Crippen LogP contribution in [0.4, 0.5) is 11.4 Å². The summed E-state index contributed by atoms with van der Waals surface area (Å²) in [5.74, 6) is 0.0267. The van der Waals surface area contributed by atoms with Gasteiger partial charge in [0.05, 0.1) is 4.88 Å². The van der Waals surface area contributed by atoms with Gasteiger partial charge < -0.3 is 15.1 Å². The number of hydrogen-bond acceptors (Lipinski definition) is 4. The zero-order chi connectivity index (χ0) is 21.1. The molecule has 4 rings (SSSR count). The average molecular weight is 420 g/mol. The highest BCUT2D eigenvalue weighted by molar-refractivity contribution is 7.12. The zero-order valence-corrected chi connectivity index (χ0v) is 18.0. The number of anilines is 2. The fourth-order valence-corrected chi connectivity index (χ4v) is 4.37. The molecule has 5 nitrogen and oxygen atoms in total. The molecule has 0 radical (unpaired) electrons. The molecule has 2 aromatic carbocycles. The summed E-state index contributed by atoms with van der Waals surface area (Å²) < 4.78 is 0. The molecule has 154 valence electrons. The van der Waals surface area contributed by atoms with Crippen LogP contribution in [0, 0.1) is 13.8 Å². The second kappa shape index (κ2) is 8.71. The fraction of sp³-hybridized carbons (Fsp3) is 0.250. The van der Waals surface area contributed by atoms with E-state index in [1.807, 2.05) is 78.7 Å². The number of amides is 2. The SMILES string of the molecule is Cc1cccc(C(=O)Nc2ccc(N3CCN(C(=O)c4cccs4)CC3)cc2)c1C. The van der Waals surface area contributed by atoms with Gasteiger partial charge in [0.1, 0.15) is 0 Å². The highest BCUT2D eigenvalue weighted by atomic mass is 32.1. The van der Waals surface area contributed by atoms with Crippen molar-refractivity contribution in [2.75, 3.05) is 36.4 Å². The zero-order valence-electron chi connectivity index (χ0n) is 17.2. The molecule has 1 aromatic heterocycles. The summed E-state index contributed by atoms with van der Waals surface area (Å²) in [6, 6.07) is 17.5. The molecule has 1 N–H and O–H groups in total. The Labute approximate surface area is 180 Å². The summed E-state index contributed by atoms with van der Waals surface area (Å²) >= 11 is 1.49. The number of aryl methyl sites for hydroxylation is 1. The van der Waals surface area contributed by atoms with Gasteiger partial charge in [0, 0.05) is 43.1 Å². The van der Waals surface area contributed by atoms with E-state index in [1.54, 1.807) is 0 Å². The minimum absolute atomic E-state index is 0.0929. The van der Waals surface area contributed by atoms with Gasteiger partial charge in [0.25, 0.3) is 11.8 Å². The third-order valence-corrected chi connectivity index (χ3v) is 6.50. The Morgan fingerprint density at radius 1 is 0.900 bits per heavy atom. The van der Waals surface area contributed by atoms with Crippen LogP contribution >= 0.6 is 11.3 Å². The van der Waals surface area contributed by atoms with Crippen LogP contribution in [0.2, 0.25) is 0 Å². The molecule has 0 aliphatic carbocycles. The lowest BCUT2D eigenvalue weighted by Gasteiger charge is -2.36. The molecule has 0 bridgehead atoms. The summed E-state index contributed by atoms with van der Waals surface area (Å²) in [4.78, 5) is 30.1.